The topological polar surface area (TPSA) is 42.7 Å². The number of nitrogens with one attached hydrogen (secondary N) is 1. The molecule has 0 bridgehead atoms. The molecule has 0 fully saturated rings. The first-order chi connectivity index (χ1) is 8.72. The molecule has 2 heterocycles. The van der Waals surface area contributed by atoms with Crippen molar-refractivity contribution in [3.63, 3.8) is 0 Å². The third kappa shape index (κ3) is 3.17. The van der Waals surface area contributed by atoms with Crippen molar-refractivity contribution in [3.05, 3.63) is 33.5 Å². The fraction of sp³-hybridized carbons (Fsp3) is 0.538. The Labute approximate surface area is 112 Å². The number of aromatic nitrogens is 3. The van der Waals surface area contributed by atoms with Crippen molar-refractivity contribution in [1.82, 2.24) is 20.1 Å². The van der Waals surface area contributed by atoms with Gasteiger partial charge in [0.15, 0.2) is 0 Å². The van der Waals surface area contributed by atoms with Crippen LogP contribution in [0.15, 0.2) is 11.4 Å². The summed E-state index contributed by atoms with van der Waals surface area (Å²) in [5, 5.41) is 11.2. The van der Waals surface area contributed by atoms with Crippen LogP contribution in [0.3, 0.4) is 0 Å². The van der Waals surface area contributed by atoms with E-state index in [4.69, 9.17) is 0 Å². The van der Waals surface area contributed by atoms with Crippen LogP contribution in [0.4, 0.5) is 0 Å². The molecule has 0 radical (unpaired) electrons. The Kier molecular flexibility index (Phi) is 4.49. The second-order valence-corrected chi connectivity index (χ2v) is 5.23. The lowest BCUT2D eigenvalue weighted by atomic mass is 10.3. The molecule has 0 aromatic carbocycles. The third-order valence-electron chi connectivity index (χ3n) is 2.82. The average molecular weight is 264 g/mol. The summed E-state index contributed by atoms with van der Waals surface area (Å²) in [6, 6.07) is 2.18. The molecule has 0 aliphatic carbocycles. The van der Waals surface area contributed by atoms with Gasteiger partial charge in [-0.15, -0.1) is 11.3 Å². The summed E-state index contributed by atoms with van der Waals surface area (Å²) in [5.74, 6) is 0. The van der Waals surface area contributed by atoms with Gasteiger partial charge < -0.3 is 5.32 Å². The van der Waals surface area contributed by atoms with Crippen molar-refractivity contribution in [2.24, 2.45) is 0 Å². The predicted octanol–water partition coefficient (Wildman–Crippen LogP) is 2.52. The molecule has 0 spiro atoms. The summed E-state index contributed by atoms with van der Waals surface area (Å²) in [7, 11) is 0. The van der Waals surface area contributed by atoms with Crippen molar-refractivity contribution in [2.75, 3.05) is 0 Å². The molecule has 0 unspecified atom stereocenters. The molecule has 0 aliphatic heterocycles. The quantitative estimate of drug-likeness (QED) is 0.872. The average Bonchev–Trinajstić information content (AvgIpc) is 2.95. The summed E-state index contributed by atoms with van der Waals surface area (Å²) in [6.07, 6.45) is 0.992. The Morgan fingerprint density at radius 1 is 1.33 bits per heavy atom. The highest BCUT2D eigenvalue weighted by atomic mass is 32.1. The van der Waals surface area contributed by atoms with Gasteiger partial charge in [-0.2, -0.15) is 5.10 Å². The monoisotopic (exact) mass is 264 g/mol. The van der Waals surface area contributed by atoms with E-state index < -0.39 is 0 Å². The first-order valence-electron chi connectivity index (χ1n) is 6.40. The maximum absolute atomic E-state index is 4.54. The lowest BCUT2D eigenvalue weighted by Crippen LogP contribution is -2.16. The maximum Gasteiger partial charge on any atom is 0.107 e. The van der Waals surface area contributed by atoms with E-state index in [0.717, 1.165) is 36.8 Å². The Balaban J connectivity index is 1.91. The molecule has 5 heteroatoms. The van der Waals surface area contributed by atoms with Gasteiger partial charge in [-0.25, -0.2) is 4.98 Å². The molecule has 4 nitrogen and oxygen atoms in total. The van der Waals surface area contributed by atoms with Gasteiger partial charge in [-0.05, 0) is 26.3 Å². The zero-order valence-electron chi connectivity index (χ0n) is 11.2. The van der Waals surface area contributed by atoms with E-state index in [2.05, 4.69) is 45.4 Å². The lowest BCUT2D eigenvalue weighted by Gasteiger charge is -2.05. The number of hydrogen-bond acceptors (Lipinski definition) is 4. The highest BCUT2D eigenvalue weighted by Crippen LogP contribution is 2.09. The smallest absolute Gasteiger partial charge is 0.107 e. The summed E-state index contributed by atoms with van der Waals surface area (Å²) in [5.41, 5.74) is 3.52. The van der Waals surface area contributed by atoms with Crippen molar-refractivity contribution in [2.45, 2.75) is 46.8 Å². The molecule has 18 heavy (non-hydrogen) atoms. The minimum atomic E-state index is 0.828. The predicted molar refractivity (Wildman–Crippen MR) is 74.7 cm³/mol. The SMILES string of the molecule is CCc1cc(CNCc2nc(C)cs2)n(CC)n1. The minimum Gasteiger partial charge on any atom is -0.305 e. The van der Waals surface area contributed by atoms with Gasteiger partial charge in [0.1, 0.15) is 5.01 Å². The normalized spacial score (nSPS) is 11.1. The molecular weight excluding hydrogens is 244 g/mol. The van der Waals surface area contributed by atoms with Crippen LogP contribution >= 0.6 is 11.3 Å². The van der Waals surface area contributed by atoms with Crippen molar-refractivity contribution >= 4 is 11.3 Å². The highest BCUT2D eigenvalue weighted by molar-refractivity contribution is 7.09. The second-order valence-electron chi connectivity index (χ2n) is 4.28. The molecule has 0 aliphatic rings. The van der Waals surface area contributed by atoms with E-state index in [1.54, 1.807) is 11.3 Å². The van der Waals surface area contributed by atoms with Gasteiger partial charge in [0.05, 0.1) is 11.4 Å². The number of rotatable bonds is 6. The molecule has 0 saturated heterocycles. The van der Waals surface area contributed by atoms with Crippen LogP contribution < -0.4 is 5.32 Å². The summed E-state index contributed by atoms with van der Waals surface area (Å²) >= 11 is 1.71. The van der Waals surface area contributed by atoms with Gasteiger partial charge >= 0.3 is 0 Å². The summed E-state index contributed by atoms with van der Waals surface area (Å²) < 4.78 is 2.07. The van der Waals surface area contributed by atoms with E-state index >= 15 is 0 Å². The van der Waals surface area contributed by atoms with Crippen molar-refractivity contribution < 1.29 is 0 Å². The lowest BCUT2D eigenvalue weighted by molar-refractivity contribution is 0.577. The van der Waals surface area contributed by atoms with Gasteiger partial charge in [-0.1, -0.05) is 6.92 Å². The highest BCUT2D eigenvalue weighted by Gasteiger charge is 2.05. The molecular formula is C13H20N4S. The number of nitrogens with zero attached hydrogens (tertiary/aromatic N) is 3. The molecule has 2 aromatic rings. The fourth-order valence-electron chi connectivity index (χ4n) is 1.89. The number of aryl methyl sites for hydroxylation is 3. The maximum atomic E-state index is 4.54. The largest absolute Gasteiger partial charge is 0.305 e. The van der Waals surface area contributed by atoms with Crippen LogP contribution in [-0.4, -0.2) is 14.8 Å². The zero-order valence-corrected chi connectivity index (χ0v) is 12.0. The number of thiazole rings is 1. The van der Waals surface area contributed by atoms with E-state index in [1.165, 1.54) is 11.4 Å². The Hall–Kier alpha value is -1.20. The van der Waals surface area contributed by atoms with Crippen LogP contribution in [0.25, 0.3) is 0 Å². The van der Waals surface area contributed by atoms with Gasteiger partial charge in [0.2, 0.25) is 0 Å². The van der Waals surface area contributed by atoms with Crippen LogP contribution in [0, 0.1) is 6.92 Å². The standard InChI is InChI=1S/C13H20N4S/c1-4-11-6-12(17(5-2)16-11)7-14-8-13-15-10(3)9-18-13/h6,9,14H,4-5,7-8H2,1-3H3. The van der Waals surface area contributed by atoms with Gasteiger partial charge in [0.25, 0.3) is 0 Å². The van der Waals surface area contributed by atoms with Gasteiger partial charge in [-0.3, -0.25) is 4.68 Å². The first-order valence-corrected chi connectivity index (χ1v) is 7.28. The fourth-order valence-corrected chi connectivity index (χ4v) is 2.63. The second kappa shape index (κ2) is 6.11. The molecule has 0 saturated carbocycles. The van der Waals surface area contributed by atoms with E-state index in [1.807, 2.05) is 6.92 Å². The van der Waals surface area contributed by atoms with Crippen LogP contribution in [0.1, 0.15) is 35.9 Å². The zero-order chi connectivity index (χ0) is 13.0. The van der Waals surface area contributed by atoms with Crippen LogP contribution in [0.5, 0.6) is 0 Å². The minimum absolute atomic E-state index is 0.828. The summed E-state index contributed by atoms with van der Waals surface area (Å²) in [6.45, 7) is 8.89. The molecule has 2 aromatic heterocycles. The Morgan fingerprint density at radius 2 is 2.17 bits per heavy atom. The Bertz CT molecular complexity index is 501. The van der Waals surface area contributed by atoms with Crippen molar-refractivity contribution in [1.29, 1.82) is 0 Å². The van der Waals surface area contributed by atoms with Gasteiger partial charge in [0, 0.05) is 30.7 Å². The first kappa shape index (κ1) is 13.2. The Morgan fingerprint density at radius 3 is 2.78 bits per heavy atom. The molecule has 1 N–H and O–H groups in total. The molecule has 98 valence electrons. The van der Waals surface area contributed by atoms with Crippen LogP contribution in [-0.2, 0) is 26.1 Å². The van der Waals surface area contributed by atoms with E-state index in [0.29, 0.717) is 0 Å². The summed E-state index contributed by atoms with van der Waals surface area (Å²) in [4.78, 5) is 4.44. The molecule has 0 amide bonds. The van der Waals surface area contributed by atoms with Crippen molar-refractivity contribution in [3.8, 4) is 0 Å². The molecule has 2 rings (SSSR count). The third-order valence-corrected chi connectivity index (χ3v) is 3.79. The van der Waals surface area contributed by atoms with Crippen LogP contribution in [0.2, 0.25) is 0 Å². The number of hydrogen-bond donors (Lipinski definition) is 1. The molecule has 0 atom stereocenters. The van der Waals surface area contributed by atoms with E-state index in [9.17, 15) is 0 Å². The van der Waals surface area contributed by atoms with E-state index in [-0.39, 0.29) is 0 Å².